The molecule has 0 spiro atoms. The Bertz CT molecular complexity index is 740. The lowest BCUT2D eigenvalue weighted by atomic mass is 9.49. The highest BCUT2D eigenvalue weighted by molar-refractivity contribution is 7.92. The number of para-hydroxylation sites is 1. The van der Waals surface area contributed by atoms with E-state index in [-0.39, 0.29) is 23.6 Å². The van der Waals surface area contributed by atoms with Crippen molar-refractivity contribution in [3.8, 4) is 0 Å². The van der Waals surface area contributed by atoms with Crippen molar-refractivity contribution in [1.29, 1.82) is 0 Å². The average molecular weight is 377 g/mol. The Morgan fingerprint density at radius 2 is 1.62 bits per heavy atom. The molecule has 0 heterocycles. The van der Waals surface area contributed by atoms with Crippen LogP contribution in [0.3, 0.4) is 0 Å². The van der Waals surface area contributed by atoms with Crippen LogP contribution in [0.4, 0.5) is 5.69 Å². The SMILES string of the molecule is CN(c1ccccc1)S(=O)(=O)CCNC(=O)C12CC3CC(CC(C3)C1)C2. The summed E-state index contributed by atoms with van der Waals surface area (Å²) in [4.78, 5) is 12.9. The number of carbonyl (C=O) groups is 1. The summed E-state index contributed by atoms with van der Waals surface area (Å²) < 4.78 is 26.4. The third-order valence-corrected chi connectivity index (χ3v) is 8.47. The van der Waals surface area contributed by atoms with Crippen LogP contribution in [0.1, 0.15) is 38.5 Å². The van der Waals surface area contributed by atoms with Crippen LogP contribution in [-0.4, -0.2) is 33.7 Å². The second-order valence-corrected chi connectivity index (χ2v) is 10.7. The van der Waals surface area contributed by atoms with Gasteiger partial charge in [-0.3, -0.25) is 9.10 Å². The van der Waals surface area contributed by atoms with Gasteiger partial charge in [-0.05, 0) is 68.4 Å². The zero-order valence-corrected chi connectivity index (χ0v) is 16.2. The van der Waals surface area contributed by atoms with Gasteiger partial charge in [0.1, 0.15) is 0 Å². The summed E-state index contributed by atoms with van der Waals surface area (Å²) in [5.41, 5.74) is 0.420. The maximum atomic E-state index is 12.9. The highest BCUT2D eigenvalue weighted by atomic mass is 32.2. The molecule has 0 unspecified atom stereocenters. The lowest BCUT2D eigenvalue weighted by Crippen LogP contribution is -2.54. The molecule has 1 aromatic carbocycles. The summed E-state index contributed by atoms with van der Waals surface area (Å²) >= 11 is 0. The molecule has 0 atom stereocenters. The van der Waals surface area contributed by atoms with Crippen LogP contribution in [0.15, 0.2) is 30.3 Å². The first-order valence-electron chi connectivity index (χ1n) is 9.68. The van der Waals surface area contributed by atoms with Crippen LogP contribution >= 0.6 is 0 Å². The van der Waals surface area contributed by atoms with Crippen molar-refractivity contribution < 1.29 is 13.2 Å². The number of anilines is 1. The van der Waals surface area contributed by atoms with Crippen molar-refractivity contribution in [1.82, 2.24) is 5.32 Å². The van der Waals surface area contributed by atoms with E-state index >= 15 is 0 Å². The van der Waals surface area contributed by atoms with Crippen molar-refractivity contribution in [3.05, 3.63) is 30.3 Å². The van der Waals surface area contributed by atoms with E-state index in [0.717, 1.165) is 19.3 Å². The highest BCUT2D eigenvalue weighted by Gasteiger charge is 2.54. The zero-order chi connectivity index (χ0) is 18.4. The van der Waals surface area contributed by atoms with Crippen molar-refractivity contribution >= 4 is 21.6 Å². The predicted octanol–water partition coefficient (Wildman–Crippen LogP) is 2.79. The van der Waals surface area contributed by atoms with Gasteiger partial charge in [-0.15, -0.1) is 0 Å². The van der Waals surface area contributed by atoms with E-state index in [1.54, 1.807) is 19.2 Å². The number of rotatable bonds is 6. The van der Waals surface area contributed by atoms with Gasteiger partial charge in [0, 0.05) is 19.0 Å². The number of hydrogen-bond acceptors (Lipinski definition) is 3. The number of nitrogens with one attached hydrogen (secondary N) is 1. The quantitative estimate of drug-likeness (QED) is 0.830. The maximum Gasteiger partial charge on any atom is 0.236 e. The molecule has 4 aliphatic rings. The first-order chi connectivity index (χ1) is 12.4. The molecule has 0 saturated heterocycles. The second-order valence-electron chi connectivity index (χ2n) is 8.57. The molecule has 0 aromatic heterocycles. The summed E-state index contributed by atoms with van der Waals surface area (Å²) in [6.07, 6.45) is 6.89. The average Bonchev–Trinajstić information content (AvgIpc) is 2.60. The molecular weight excluding hydrogens is 348 g/mol. The van der Waals surface area contributed by atoms with Gasteiger partial charge in [0.05, 0.1) is 11.4 Å². The van der Waals surface area contributed by atoms with Gasteiger partial charge >= 0.3 is 0 Å². The van der Waals surface area contributed by atoms with E-state index in [9.17, 15) is 13.2 Å². The first-order valence-corrected chi connectivity index (χ1v) is 11.3. The summed E-state index contributed by atoms with van der Waals surface area (Å²) in [6, 6.07) is 9.03. The Kier molecular flexibility index (Phi) is 4.49. The van der Waals surface area contributed by atoms with Gasteiger partial charge in [0.15, 0.2) is 0 Å². The fourth-order valence-electron chi connectivity index (χ4n) is 5.81. The Morgan fingerprint density at radius 3 is 2.15 bits per heavy atom. The Balaban J connectivity index is 1.35. The third kappa shape index (κ3) is 3.24. The topological polar surface area (TPSA) is 66.5 Å². The minimum Gasteiger partial charge on any atom is -0.355 e. The normalized spacial score (nSPS) is 32.4. The minimum absolute atomic E-state index is 0.0729. The summed E-state index contributed by atoms with van der Waals surface area (Å²) in [7, 11) is -1.89. The maximum absolute atomic E-state index is 12.9. The fraction of sp³-hybridized carbons (Fsp3) is 0.650. The molecule has 0 aliphatic heterocycles. The van der Waals surface area contributed by atoms with Crippen LogP contribution in [0, 0.1) is 23.2 Å². The van der Waals surface area contributed by atoms with Crippen LogP contribution in [0.2, 0.25) is 0 Å². The monoisotopic (exact) mass is 376 g/mol. The van der Waals surface area contributed by atoms with Crippen LogP contribution in [0.25, 0.3) is 0 Å². The molecule has 1 amide bonds. The smallest absolute Gasteiger partial charge is 0.236 e. The molecule has 142 valence electrons. The van der Waals surface area contributed by atoms with Crippen molar-refractivity contribution in [3.63, 3.8) is 0 Å². The molecule has 6 heteroatoms. The number of carbonyl (C=O) groups excluding carboxylic acids is 1. The predicted molar refractivity (Wildman–Crippen MR) is 102 cm³/mol. The molecule has 4 bridgehead atoms. The Labute approximate surface area is 156 Å². The van der Waals surface area contributed by atoms with E-state index in [0.29, 0.717) is 23.4 Å². The van der Waals surface area contributed by atoms with E-state index < -0.39 is 10.0 Å². The standard InChI is InChI=1S/C20H28N2O3S/c1-22(18-5-3-2-4-6-18)26(24,25)8-7-21-19(23)20-12-15-9-16(13-20)11-17(10-15)14-20/h2-6,15-17H,7-14H2,1H3,(H,21,23). The Morgan fingerprint density at radius 1 is 1.08 bits per heavy atom. The number of sulfonamides is 1. The fourth-order valence-corrected chi connectivity index (χ4v) is 6.88. The molecule has 4 saturated carbocycles. The number of nitrogens with zero attached hydrogens (tertiary/aromatic N) is 1. The molecule has 4 aliphatic carbocycles. The zero-order valence-electron chi connectivity index (χ0n) is 15.4. The van der Waals surface area contributed by atoms with E-state index in [1.807, 2.05) is 18.2 Å². The first kappa shape index (κ1) is 17.8. The molecule has 5 rings (SSSR count). The van der Waals surface area contributed by atoms with Gasteiger partial charge in [0.2, 0.25) is 15.9 Å². The summed E-state index contributed by atoms with van der Waals surface area (Å²) in [5.74, 6) is 2.14. The lowest BCUT2D eigenvalue weighted by Gasteiger charge is -2.55. The molecule has 26 heavy (non-hydrogen) atoms. The summed E-state index contributed by atoms with van der Waals surface area (Å²) in [5, 5.41) is 2.96. The van der Waals surface area contributed by atoms with E-state index in [4.69, 9.17) is 0 Å². The third-order valence-electron chi connectivity index (χ3n) is 6.70. The number of amides is 1. The van der Waals surface area contributed by atoms with E-state index in [2.05, 4.69) is 5.32 Å². The molecule has 0 radical (unpaired) electrons. The van der Waals surface area contributed by atoms with Gasteiger partial charge in [-0.25, -0.2) is 8.42 Å². The number of hydrogen-bond donors (Lipinski definition) is 1. The molecule has 4 fully saturated rings. The molecule has 5 nitrogen and oxygen atoms in total. The second kappa shape index (κ2) is 6.55. The van der Waals surface area contributed by atoms with Gasteiger partial charge in [0.25, 0.3) is 0 Å². The minimum atomic E-state index is -3.45. The van der Waals surface area contributed by atoms with Gasteiger partial charge in [-0.1, -0.05) is 18.2 Å². The highest BCUT2D eigenvalue weighted by Crippen LogP contribution is 2.60. The lowest BCUT2D eigenvalue weighted by molar-refractivity contribution is -0.146. The van der Waals surface area contributed by atoms with Crippen LogP contribution in [-0.2, 0) is 14.8 Å². The van der Waals surface area contributed by atoms with Gasteiger partial charge < -0.3 is 5.32 Å². The van der Waals surface area contributed by atoms with Crippen molar-refractivity contribution in [2.24, 2.45) is 23.2 Å². The van der Waals surface area contributed by atoms with Gasteiger partial charge in [-0.2, -0.15) is 0 Å². The molecular formula is C20H28N2O3S. The van der Waals surface area contributed by atoms with Crippen LogP contribution in [0.5, 0.6) is 0 Å². The molecule has 1 N–H and O–H groups in total. The number of benzene rings is 1. The van der Waals surface area contributed by atoms with E-state index in [1.165, 1.54) is 23.6 Å². The summed E-state index contributed by atoms with van der Waals surface area (Å²) in [6.45, 7) is 0.181. The molecule has 1 aromatic rings. The van der Waals surface area contributed by atoms with Crippen LogP contribution < -0.4 is 9.62 Å². The van der Waals surface area contributed by atoms with Crippen molar-refractivity contribution in [2.75, 3.05) is 23.7 Å². The largest absolute Gasteiger partial charge is 0.355 e. The van der Waals surface area contributed by atoms with Crippen molar-refractivity contribution in [2.45, 2.75) is 38.5 Å². The Hall–Kier alpha value is -1.56.